The number of rotatable bonds is 18. The number of hydrogen-bond acceptors (Lipinski definition) is 8. The number of likely N-dealkylation sites (N-methyl/N-ethyl adjacent to an activating group) is 2. The van der Waals surface area contributed by atoms with Gasteiger partial charge in [0.15, 0.2) is 0 Å². The number of aliphatic hydroxyl groups excluding tert-OH is 2. The zero-order chi connectivity index (χ0) is 31.0. The van der Waals surface area contributed by atoms with Crippen LogP contribution in [0, 0.1) is 0 Å². The molecule has 4 N–H and O–H groups in total. The van der Waals surface area contributed by atoms with E-state index in [4.69, 9.17) is 28.3 Å². The van der Waals surface area contributed by atoms with Crippen molar-refractivity contribution in [3.63, 3.8) is 0 Å². The van der Waals surface area contributed by atoms with E-state index in [1.165, 1.54) is 0 Å². The summed E-state index contributed by atoms with van der Waals surface area (Å²) in [7, 11) is -1.12. The van der Waals surface area contributed by atoms with Gasteiger partial charge in [-0.05, 0) is 35.4 Å². The van der Waals surface area contributed by atoms with E-state index in [9.17, 15) is 18.9 Å². The largest absolute Gasteiger partial charge is 0.527 e. The van der Waals surface area contributed by atoms with Crippen LogP contribution in [0.15, 0.2) is 48.5 Å². The highest BCUT2D eigenvalue weighted by molar-refractivity contribution is 7.48. The fourth-order valence-electron chi connectivity index (χ4n) is 3.92. The van der Waals surface area contributed by atoms with Crippen LogP contribution in [0.5, 0.6) is 11.5 Å². The maximum atomic E-state index is 12.4. The minimum atomic E-state index is -4.33. The molecule has 2 atom stereocenters. The van der Waals surface area contributed by atoms with E-state index in [2.05, 4.69) is 0 Å². The Kier molecular flexibility index (Phi) is 12.6. The van der Waals surface area contributed by atoms with E-state index >= 15 is 0 Å². The third-order valence-electron chi connectivity index (χ3n) is 6.91. The average molecular weight is 621 g/mol. The van der Waals surface area contributed by atoms with Crippen molar-refractivity contribution >= 4 is 15.6 Å². The number of nitrogens with zero attached hydrogens (tertiary/aromatic N) is 2. The summed E-state index contributed by atoms with van der Waals surface area (Å²) in [6.07, 6.45) is 0. The minimum absolute atomic E-state index is 0.00609. The first-order chi connectivity index (χ1) is 18.9. The summed E-state index contributed by atoms with van der Waals surface area (Å²) in [5.41, 5.74) is 1.31. The molecular weight excluding hydrogens is 574 g/mol. The fourth-order valence-corrected chi connectivity index (χ4v) is 5.43. The van der Waals surface area contributed by atoms with Gasteiger partial charge in [-0.3, -0.25) is 18.8 Å². The van der Waals surface area contributed by atoms with Crippen LogP contribution in [0.2, 0.25) is 0 Å². The molecule has 2 aromatic rings. The van der Waals surface area contributed by atoms with Crippen LogP contribution in [-0.4, -0.2) is 110 Å². The molecular formula is C27H46N2O10P2+2. The molecule has 0 aliphatic heterocycles. The number of phosphoric acid groups is 2. The van der Waals surface area contributed by atoms with Crippen molar-refractivity contribution < 1.29 is 56.2 Å². The van der Waals surface area contributed by atoms with Gasteiger partial charge in [-0.25, -0.2) is 9.13 Å². The second-order valence-corrected chi connectivity index (χ2v) is 14.4. The average Bonchev–Trinajstić information content (AvgIpc) is 2.83. The molecule has 12 nitrogen and oxygen atoms in total. The molecule has 2 unspecified atom stereocenters. The number of hydrogen-bond donors (Lipinski definition) is 4. The predicted molar refractivity (Wildman–Crippen MR) is 156 cm³/mol. The number of phosphoric ester groups is 2. The highest BCUT2D eigenvalue weighted by Crippen LogP contribution is 2.45. The van der Waals surface area contributed by atoms with E-state index in [-0.39, 0.29) is 37.9 Å². The van der Waals surface area contributed by atoms with E-state index in [0.717, 1.165) is 11.1 Å². The number of quaternary nitrogens is 2. The van der Waals surface area contributed by atoms with Crippen molar-refractivity contribution in [2.45, 2.75) is 19.3 Å². The fraction of sp³-hybridized carbons (Fsp3) is 0.556. The summed E-state index contributed by atoms with van der Waals surface area (Å²) >= 11 is 0. The lowest BCUT2D eigenvalue weighted by Gasteiger charge is -2.29. The standard InChI is InChI=1S/C27H44N2O10P2/c1-27(2,23-7-11-25(12-8-23)38-40(32,33)36-21-17-28(3,4)15-19-30)24-9-13-26(14-10-24)39-41(34,35)37-22-18-29(5,6)16-20-31/h7-14,30-31H,15-22H2,1-6H3/p+2. The second kappa shape index (κ2) is 14.6. The van der Waals surface area contributed by atoms with Gasteiger partial charge in [0.05, 0.1) is 41.4 Å². The molecule has 0 spiro atoms. The molecule has 0 radical (unpaired) electrons. The van der Waals surface area contributed by atoms with Crippen LogP contribution >= 0.6 is 15.6 Å². The molecule has 0 saturated carbocycles. The number of aliphatic hydroxyl groups is 2. The zero-order valence-electron chi connectivity index (χ0n) is 24.8. The van der Waals surface area contributed by atoms with Crippen LogP contribution in [0.25, 0.3) is 0 Å². The smallest absolute Gasteiger partial charge is 0.404 e. The van der Waals surface area contributed by atoms with E-state index in [0.29, 0.717) is 35.1 Å². The Morgan fingerprint density at radius 2 is 0.951 bits per heavy atom. The third kappa shape index (κ3) is 12.1. The first-order valence-corrected chi connectivity index (χ1v) is 16.3. The molecule has 0 aromatic heterocycles. The van der Waals surface area contributed by atoms with Gasteiger partial charge in [0, 0.05) is 5.41 Å². The molecule has 0 bridgehead atoms. The number of benzene rings is 2. The minimum Gasteiger partial charge on any atom is -0.404 e. The Morgan fingerprint density at radius 1 is 0.634 bits per heavy atom. The van der Waals surface area contributed by atoms with E-state index in [1.54, 1.807) is 48.5 Å². The van der Waals surface area contributed by atoms with Gasteiger partial charge < -0.3 is 28.2 Å². The van der Waals surface area contributed by atoms with Crippen LogP contribution in [0.4, 0.5) is 0 Å². The molecule has 0 fully saturated rings. The van der Waals surface area contributed by atoms with Gasteiger partial charge >= 0.3 is 15.6 Å². The van der Waals surface area contributed by atoms with Crippen molar-refractivity contribution in [1.29, 1.82) is 0 Å². The molecule has 14 heteroatoms. The molecule has 2 aromatic carbocycles. The quantitative estimate of drug-likeness (QED) is 0.145. The van der Waals surface area contributed by atoms with Crippen molar-refractivity contribution in [2.75, 3.05) is 80.8 Å². The molecule has 0 aliphatic rings. The molecule has 2 rings (SSSR count). The summed E-state index contributed by atoms with van der Waals surface area (Å²) < 4.78 is 46.2. The summed E-state index contributed by atoms with van der Waals surface area (Å²) in [5, 5.41) is 18.2. The van der Waals surface area contributed by atoms with Gasteiger partial charge in [-0.2, -0.15) is 0 Å². The molecule has 0 amide bonds. The predicted octanol–water partition coefficient (Wildman–Crippen LogP) is 3.14. The van der Waals surface area contributed by atoms with Gasteiger partial charge in [0.2, 0.25) is 0 Å². The highest BCUT2D eigenvalue weighted by atomic mass is 31.2. The van der Waals surface area contributed by atoms with Crippen molar-refractivity contribution in [3.8, 4) is 11.5 Å². The molecule has 41 heavy (non-hydrogen) atoms. The lowest BCUT2D eigenvalue weighted by Crippen LogP contribution is -2.44. The van der Waals surface area contributed by atoms with Gasteiger partial charge in [-0.1, -0.05) is 38.1 Å². The van der Waals surface area contributed by atoms with E-state index < -0.39 is 21.1 Å². The van der Waals surface area contributed by atoms with Crippen molar-refractivity contribution in [1.82, 2.24) is 0 Å². The monoisotopic (exact) mass is 620 g/mol. The molecule has 0 saturated heterocycles. The first-order valence-electron chi connectivity index (χ1n) is 13.3. The maximum Gasteiger partial charge on any atom is 0.527 e. The summed E-state index contributed by atoms with van der Waals surface area (Å²) in [5.74, 6) is 0.362. The van der Waals surface area contributed by atoms with Gasteiger partial charge in [0.25, 0.3) is 0 Å². The molecule has 0 heterocycles. The zero-order valence-corrected chi connectivity index (χ0v) is 26.6. The topological polar surface area (TPSA) is 152 Å². The van der Waals surface area contributed by atoms with E-state index in [1.807, 2.05) is 42.0 Å². The molecule has 232 valence electrons. The van der Waals surface area contributed by atoms with Gasteiger partial charge in [-0.15, -0.1) is 0 Å². The lowest BCUT2D eigenvalue weighted by molar-refractivity contribution is -0.890. The third-order valence-corrected chi connectivity index (χ3v) is 8.81. The summed E-state index contributed by atoms with van der Waals surface area (Å²) in [6.45, 7) is 5.84. The second-order valence-electron chi connectivity index (χ2n) is 11.7. The first kappa shape index (κ1) is 35.4. The van der Waals surface area contributed by atoms with Crippen LogP contribution in [-0.2, 0) is 23.6 Å². The lowest BCUT2D eigenvalue weighted by atomic mass is 9.78. The summed E-state index contributed by atoms with van der Waals surface area (Å²) in [4.78, 5) is 20.2. The Hall–Kier alpha value is -1.82. The Balaban J connectivity index is 1.97. The molecule has 0 aliphatic carbocycles. The van der Waals surface area contributed by atoms with Crippen LogP contribution in [0.1, 0.15) is 25.0 Å². The maximum absolute atomic E-state index is 12.4. The van der Waals surface area contributed by atoms with Gasteiger partial charge in [0.1, 0.15) is 50.9 Å². The normalized spacial score (nSPS) is 15.7. The summed E-state index contributed by atoms with van der Waals surface area (Å²) in [6, 6.07) is 13.5. The Bertz CT molecular complexity index is 1100. The Morgan fingerprint density at radius 3 is 1.24 bits per heavy atom. The van der Waals surface area contributed by atoms with Crippen molar-refractivity contribution in [3.05, 3.63) is 59.7 Å². The SMILES string of the molecule is CC(C)(c1ccc(OP(=O)(O)OCC[N+](C)(C)CCO)cc1)c1ccc(OP(=O)(O)OCC[N+](C)(C)CCO)cc1. The van der Waals surface area contributed by atoms with Crippen molar-refractivity contribution in [2.24, 2.45) is 0 Å². The van der Waals surface area contributed by atoms with Crippen LogP contribution < -0.4 is 9.05 Å². The van der Waals surface area contributed by atoms with Crippen LogP contribution in [0.3, 0.4) is 0 Å². The Labute approximate surface area is 243 Å². The highest BCUT2D eigenvalue weighted by Gasteiger charge is 2.28.